The minimum absolute atomic E-state index is 0.446. The zero-order valence-electron chi connectivity index (χ0n) is 21.8. The van der Waals surface area contributed by atoms with Gasteiger partial charge in [0, 0.05) is 50.7 Å². The molecule has 0 aromatic heterocycles. The van der Waals surface area contributed by atoms with Crippen molar-refractivity contribution in [2.75, 3.05) is 39.5 Å². The highest BCUT2D eigenvalue weighted by atomic mass is 17.3. The maximum atomic E-state index is 7.08. The van der Waals surface area contributed by atoms with E-state index in [1.165, 1.54) is 38.5 Å². The Labute approximate surface area is 215 Å². The van der Waals surface area contributed by atoms with Crippen LogP contribution >= 0.6 is 0 Å². The van der Waals surface area contributed by atoms with Crippen LogP contribution in [0.25, 0.3) is 0 Å². The van der Waals surface area contributed by atoms with Gasteiger partial charge in [-0.25, -0.2) is 0 Å². The van der Waals surface area contributed by atoms with Crippen LogP contribution < -0.4 is 0 Å². The predicted molar refractivity (Wildman–Crippen MR) is 133 cm³/mol. The van der Waals surface area contributed by atoms with E-state index in [9.17, 15) is 0 Å². The second kappa shape index (κ2) is 8.54. The highest BCUT2D eigenvalue weighted by molar-refractivity contribution is 5.25. The molecule has 0 amide bonds. The lowest BCUT2D eigenvalue weighted by Crippen LogP contribution is -2.50. The highest BCUT2D eigenvalue weighted by Crippen LogP contribution is 2.79. The van der Waals surface area contributed by atoms with Gasteiger partial charge in [0.1, 0.15) is 0 Å². The fourth-order valence-electron chi connectivity index (χ4n) is 9.98. The summed E-state index contributed by atoms with van der Waals surface area (Å²) in [5.41, 5.74) is 2.22. The summed E-state index contributed by atoms with van der Waals surface area (Å²) in [6, 6.07) is 0. The summed E-state index contributed by atoms with van der Waals surface area (Å²) in [6.07, 6.45) is 18.8. The lowest BCUT2D eigenvalue weighted by molar-refractivity contribution is -0.375. The first-order valence-electron chi connectivity index (χ1n) is 15.1. The monoisotopic (exact) mass is 497 g/mol. The van der Waals surface area contributed by atoms with Crippen molar-refractivity contribution >= 4 is 0 Å². The van der Waals surface area contributed by atoms with E-state index in [1.54, 1.807) is 5.57 Å². The van der Waals surface area contributed by atoms with E-state index in [2.05, 4.69) is 17.1 Å². The molecule has 36 heavy (non-hydrogen) atoms. The number of hydrogen-bond donors (Lipinski definition) is 0. The number of morpholine rings is 1. The standard InChI is InChI=1S/C30H43NO5/c1-3-22(21-4-6-27(7-5-21)33-12-2-9-31-10-13-32-14-11-31)18-29(8-1)34-30(36-35-29)25-16-23-15-24-17-26(30)20-28(23,24)19-25/h4,6,22-26H,1-3,5,7-20H2/t22?,23?,24?,25?,26?,28?,29-,30?/m1/s1. The highest BCUT2D eigenvalue weighted by Gasteiger charge is 2.77. The van der Waals surface area contributed by atoms with Crippen LogP contribution in [0.5, 0.6) is 0 Å². The second-order valence-electron chi connectivity index (χ2n) is 13.4. The van der Waals surface area contributed by atoms with E-state index in [0.717, 1.165) is 95.6 Å². The van der Waals surface area contributed by atoms with Crippen molar-refractivity contribution in [2.24, 2.45) is 35.0 Å². The van der Waals surface area contributed by atoms with Crippen molar-refractivity contribution in [3.05, 3.63) is 23.5 Å². The smallest absolute Gasteiger partial charge is 0.210 e. The van der Waals surface area contributed by atoms with Crippen LogP contribution in [0.2, 0.25) is 0 Å². The first-order chi connectivity index (χ1) is 17.7. The number of nitrogens with zero attached hydrogens (tertiary/aromatic N) is 1. The third-order valence-electron chi connectivity index (χ3n) is 11.7. The summed E-state index contributed by atoms with van der Waals surface area (Å²) >= 11 is 0. The number of rotatable bonds is 6. The molecule has 8 aliphatic rings. The first kappa shape index (κ1) is 23.0. The van der Waals surface area contributed by atoms with Gasteiger partial charge in [-0.3, -0.25) is 4.90 Å². The molecule has 8 rings (SSSR count). The van der Waals surface area contributed by atoms with Gasteiger partial charge in [0.2, 0.25) is 11.6 Å². The number of ether oxygens (including phenoxy) is 3. The summed E-state index contributed by atoms with van der Waals surface area (Å²) in [5.74, 6) is 3.68. The van der Waals surface area contributed by atoms with E-state index in [0.29, 0.717) is 23.2 Å². The summed E-state index contributed by atoms with van der Waals surface area (Å²) in [4.78, 5) is 15.1. The molecule has 6 aliphatic carbocycles. The molecule has 3 bridgehead atoms. The Morgan fingerprint density at radius 3 is 2.50 bits per heavy atom. The largest absolute Gasteiger partial charge is 0.498 e. The zero-order chi connectivity index (χ0) is 23.8. The Morgan fingerprint density at radius 1 is 0.917 bits per heavy atom. The lowest BCUT2D eigenvalue weighted by Gasteiger charge is -2.49. The number of hydrogen-bond acceptors (Lipinski definition) is 6. The van der Waals surface area contributed by atoms with Crippen LogP contribution in [0.4, 0.5) is 0 Å². The molecular formula is C30H43NO5. The van der Waals surface area contributed by atoms with Gasteiger partial charge < -0.3 is 14.2 Å². The first-order valence-corrected chi connectivity index (χ1v) is 15.1. The molecule has 0 aromatic carbocycles. The topological polar surface area (TPSA) is 49.4 Å². The quantitative estimate of drug-likeness (QED) is 0.364. The molecule has 2 saturated heterocycles. The second-order valence-corrected chi connectivity index (χ2v) is 13.4. The van der Waals surface area contributed by atoms with Gasteiger partial charge in [0.25, 0.3) is 0 Å². The Hall–Kier alpha value is -0.920. The molecular weight excluding hydrogens is 454 g/mol. The SMILES string of the molecule is C1=C(OCCCN2CCOCC2)CCC(C2CCC[C@]3(C2)OOC2(O3)C3CC4CC5CC2CC45C3)=C1. The van der Waals surface area contributed by atoms with E-state index >= 15 is 0 Å². The number of fused-ring (bicyclic) bond motifs is 4. The Morgan fingerprint density at radius 2 is 1.72 bits per heavy atom. The van der Waals surface area contributed by atoms with Crippen molar-refractivity contribution in [3.8, 4) is 0 Å². The molecule has 198 valence electrons. The summed E-state index contributed by atoms with van der Waals surface area (Å²) in [5, 5.41) is 0. The minimum Gasteiger partial charge on any atom is -0.498 e. The molecule has 0 radical (unpaired) electrons. The normalized spacial score (nSPS) is 49.3. The van der Waals surface area contributed by atoms with Gasteiger partial charge >= 0.3 is 0 Å². The van der Waals surface area contributed by atoms with Crippen LogP contribution in [0.15, 0.2) is 23.5 Å². The molecule has 0 aromatic rings. The third kappa shape index (κ3) is 3.47. The van der Waals surface area contributed by atoms with Gasteiger partial charge in [-0.2, -0.15) is 9.78 Å². The average Bonchev–Trinajstić information content (AvgIpc) is 3.49. The Kier molecular flexibility index (Phi) is 5.46. The molecule has 5 saturated carbocycles. The van der Waals surface area contributed by atoms with Gasteiger partial charge in [-0.15, -0.1) is 0 Å². The molecule has 6 nitrogen and oxygen atoms in total. The van der Waals surface area contributed by atoms with E-state index in [4.69, 9.17) is 24.0 Å². The van der Waals surface area contributed by atoms with Crippen molar-refractivity contribution in [2.45, 2.75) is 88.6 Å². The summed E-state index contributed by atoms with van der Waals surface area (Å²) in [7, 11) is 0. The van der Waals surface area contributed by atoms with Crippen molar-refractivity contribution in [3.63, 3.8) is 0 Å². The van der Waals surface area contributed by atoms with Crippen LogP contribution in [0.1, 0.15) is 77.0 Å². The Balaban J connectivity index is 0.885. The average molecular weight is 498 g/mol. The summed E-state index contributed by atoms with van der Waals surface area (Å²) < 4.78 is 18.7. The van der Waals surface area contributed by atoms with Gasteiger partial charge in [-0.1, -0.05) is 11.6 Å². The minimum atomic E-state index is -0.529. The van der Waals surface area contributed by atoms with E-state index < -0.39 is 11.6 Å². The summed E-state index contributed by atoms with van der Waals surface area (Å²) in [6.45, 7) is 5.77. The van der Waals surface area contributed by atoms with Crippen LogP contribution in [-0.4, -0.2) is 55.9 Å². The van der Waals surface area contributed by atoms with E-state index in [-0.39, 0.29) is 0 Å². The van der Waals surface area contributed by atoms with Crippen LogP contribution in [-0.2, 0) is 24.0 Å². The van der Waals surface area contributed by atoms with Crippen LogP contribution in [0.3, 0.4) is 0 Å². The van der Waals surface area contributed by atoms with Gasteiger partial charge in [0.15, 0.2) is 0 Å². The van der Waals surface area contributed by atoms with Gasteiger partial charge in [-0.05, 0) is 87.0 Å². The molecule has 7 fully saturated rings. The zero-order valence-corrected chi connectivity index (χ0v) is 21.8. The van der Waals surface area contributed by atoms with Crippen molar-refractivity contribution < 1.29 is 24.0 Å². The Bertz CT molecular complexity index is 916. The number of allylic oxidation sites excluding steroid dienone is 4. The van der Waals surface area contributed by atoms with Gasteiger partial charge in [0.05, 0.1) is 25.6 Å². The van der Waals surface area contributed by atoms with Crippen LogP contribution in [0, 0.1) is 35.0 Å². The molecule has 2 heterocycles. The maximum absolute atomic E-state index is 7.08. The maximum Gasteiger partial charge on any atom is 0.210 e. The van der Waals surface area contributed by atoms with Crippen molar-refractivity contribution in [1.82, 2.24) is 4.90 Å². The van der Waals surface area contributed by atoms with E-state index in [1.807, 2.05) is 0 Å². The lowest BCUT2D eigenvalue weighted by atomic mass is 9.56. The predicted octanol–water partition coefficient (Wildman–Crippen LogP) is 5.35. The molecule has 6 heteroatoms. The van der Waals surface area contributed by atoms with Crippen molar-refractivity contribution in [1.29, 1.82) is 0 Å². The molecule has 3 spiro atoms. The molecule has 2 aliphatic heterocycles. The third-order valence-corrected chi connectivity index (χ3v) is 11.7. The fraction of sp³-hybridized carbons (Fsp3) is 0.867. The molecule has 0 N–H and O–H groups in total. The molecule has 5 unspecified atom stereocenters. The molecule has 6 atom stereocenters. The fourth-order valence-corrected chi connectivity index (χ4v) is 9.98.